The van der Waals surface area contributed by atoms with E-state index in [-0.39, 0.29) is 11.9 Å². The largest absolute Gasteiger partial charge is 0.355 e. The van der Waals surface area contributed by atoms with Crippen molar-refractivity contribution < 1.29 is 4.79 Å². The SMILES string of the molecule is N#Cc1cccnc1N1CCC(NC(=O)C[C@H]2C=CCC2)CC1. The van der Waals surface area contributed by atoms with Crippen LogP contribution in [-0.4, -0.2) is 30.0 Å². The second-order valence-corrected chi connectivity index (χ2v) is 6.28. The molecular weight excluding hydrogens is 288 g/mol. The van der Waals surface area contributed by atoms with Crippen molar-refractivity contribution in [3.63, 3.8) is 0 Å². The van der Waals surface area contributed by atoms with Crippen LogP contribution in [0.15, 0.2) is 30.5 Å². The molecule has 1 atom stereocenters. The van der Waals surface area contributed by atoms with Crippen LogP contribution in [0.25, 0.3) is 0 Å². The molecule has 1 N–H and O–H groups in total. The fraction of sp³-hybridized carbons (Fsp3) is 0.500. The van der Waals surface area contributed by atoms with Crippen LogP contribution < -0.4 is 10.2 Å². The third-order valence-electron chi connectivity index (χ3n) is 4.63. The maximum Gasteiger partial charge on any atom is 0.220 e. The van der Waals surface area contributed by atoms with Crippen molar-refractivity contribution in [1.82, 2.24) is 10.3 Å². The standard InChI is InChI=1S/C18H22N4O/c19-13-15-6-3-9-20-18(15)22-10-7-16(8-11-22)21-17(23)12-14-4-1-2-5-14/h1,3-4,6,9,14,16H,2,5,7-8,10-12H2,(H,21,23)/t14-/m0/s1. The van der Waals surface area contributed by atoms with E-state index in [4.69, 9.17) is 0 Å². The summed E-state index contributed by atoms with van der Waals surface area (Å²) in [6, 6.07) is 6.01. The highest BCUT2D eigenvalue weighted by Crippen LogP contribution is 2.22. The summed E-state index contributed by atoms with van der Waals surface area (Å²) < 4.78 is 0. The number of amides is 1. The Morgan fingerprint density at radius 1 is 1.39 bits per heavy atom. The molecule has 5 heteroatoms. The van der Waals surface area contributed by atoms with E-state index in [1.54, 1.807) is 18.3 Å². The minimum Gasteiger partial charge on any atom is -0.355 e. The lowest BCUT2D eigenvalue weighted by atomic mass is 10.0. The lowest BCUT2D eigenvalue weighted by molar-refractivity contribution is -0.122. The van der Waals surface area contributed by atoms with E-state index in [1.807, 2.05) is 0 Å². The number of nitrogens with zero attached hydrogens (tertiary/aromatic N) is 3. The number of pyridine rings is 1. The zero-order valence-electron chi connectivity index (χ0n) is 13.2. The summed E-state index contributed by atoms with van der Waals surface area (Å²) in [6.45, 7) is 1.64. The molecule has 1 amide bonds. The summed E-state index contributed by atoms with van der Waals surface area (Å²) in [5, 5.41) is 12.3. The van der Waals surface area contributed by atoms with Gasteiger partial charge in [-0.25, -0.2) is 4.98 Å². The number of carbonyl (C=O) groups is 1. The lowest BCUT2D eigenvalue weighted by Crippen LogP contribution is -2.45. The van der Waals surface area contributed by atoms with Crippen molar-refractivity contribution in [2.45, 2.75) is 38.1 Å². The quantitative estimate of drug-likeness (QED) is 0.867. The number of nitrogens with one attached hydrogen (secondary N) is 1. The van der Waals surface area contributed by atoms with E-state index in [1.165, 1.54) is 0 Å². The van der Waals surface area contributed by atoms with E-state index in [0.717, 1.165) is 44.6 Å². The van der Waals surface area contributed by atoms with Gasteiger partial charge in [-0.3, -0.25) is 4.79 Å². The van der Waals surface area contributed by atoms with Gasteiger partial charge in [0.25, 0.3) is 0 Å². The van der Waals surface area contributed by atoms with Gasteiger partial charge >= 0.3 is 0 Å². The number of nitriles is 1. The first kappa shape index (κ1) is 15.5. The van der Waals surface area contributed by atoms with Crippen LogP contribution in [0.5, 0.6) is 0 Å². The van der Waals surface area contributed by atoms with Gasteiger partial charge in [0.1, 0.15) is 11.9 Å². The molecule has 0 saturated carbocycles. The normalized spacial score (nSPS) is 21.2. The van der Waals surface area contributed by atoms with Crippen LogP contribution in [0.2, 0.25) is 0 Å². The highest BCUT2D eigenvalue weighted by atomic mass is 16.1. The van der Waals surface area contributed by atoms with Gasteiger partial charge in [-0.15, -0.1) is 0 Å². The fourth-order valence-corrected chi connectivity index (χ4v) is 3.36. The van der Waals surface area contributed by atoms with Crippen molar-refractivity contribution in [3.8, 4) is 6.07 Å². The topological polar surface area (TPSA) is 69.0 Å². The summed E-state index contributed by atoms with van der Waals surface area (Å²) in [7, 11) is 0. The van der Waals surface area contributed by atoms with Crippen molar-refractivity contribution >= 4 is 11.7 Å². The monoisotopic (exact) mass is 310 g/mol. The van der Waals surface area contributed by atoms with Crippen LogP contribution in [0.4, 0.5) is 5.82 Å². The molecule has 0 spiro atoms. The first-order valence-corrected chi connectivity index (χ1v) is 8.32. The minimum atomic E-state index is 0.163. The molecule has 0 unspecified atom stereocenters. The Bertz CT molecular complexity index is 626. The van der Waals surface area contributed by atoms with Gasteiger partial charge in [0.15, 0.2) is 0 Å². The first-order valence-electron chi connectivity index (χ1n) is 8.32. The maximum absolute atomic E-state index is 12.1. The molecule has 0 aromatic carbocycles. The number of rotatable bonds is 4. The van der Waals surface area contributed by atoms with Crippen LogP contribution in [0.3, 0.4) is 0 Å². The number of hydrogen-bond donors (Lipinski definition) is 1. The lowest BCUT2D eigenvalue weighted by Gasteiger charge is -2.33. The molecule has 5 nitrogen and oxygen atoms in total. The van der Waals surface area contributed by atoms with E-state index >= 15 is 0 Å². The Morgan fingerprint density at radius 3 is 2.91 bits per heavy atom. The van der Waals surface area contributed by atoms with Gasteiger partial charge in [-0.05, 0) is 43.7 Å². The second kappa shape index (κ2) is 7.28. The van der Waals surface area contributed by atoms with Gasteiger partial charge in [-0.1, -0.05) is 12.2 Å². The Hall–Kier alpha value is -2.35. The van der Waals surface area contributed by atoms with Gasteiger partial charge < -0.3 is 10.2 Å². The molecule has 120 valence electrons. The number of piperidine rings is 1. The smallest absolute Gasteiger partial charge is 0.220 e. The van der Waals surface area contributed by atoms with Crippen LogP contribution >= 0.6 is 0 Å². The van der Waals surface area contributed by atoms with Gasteiger partial charge in [0, 0.05) is 31.7 Å². The van der Waals surface area contributed by atoms with E-state index in [0.29, 0.717) is 17.9 Å². The van der Waals surface area contributed by atoms with E-state index < -0.39 is 0 Å². The predicted octanol–water partition coefficient (Wildman–Crippen LogP) is 2.39. The molecule has 1 aliphatic carbocycles. The number of anilines is 1. The molecule has 1 saturated heterocycles. The van der Waals surface area contributed by atoms with Crippen molar-refractivity contribution in [2.24, 2.45) is 5.92 Å². The molecule has 1 aromatic heterocycles. The van der Waals surface area contributed by atoms with Gasteiger partial charge in [0.2, 0.25) is 5.91 Å². The Kier molecular flexibility index (Phi) is 4.92. The summed E-state index contributed by atoms with van der Waals surface area (Å²) in [5.41, 5.74) is 0.614. The minimum absolute atomic E-state index is 0.163. The van der Waals surface area contributed by atoms with Crippen molar-refractivity contribution in [3.05, 3.63) is 36.0 Å². The zero-order valence-corrected chi connectivity index (χ0v) is 13.2. The predicted molar refractivity (Wildman–Crippen MR) is 88.8 cm³/mol. The Balaban J connectivity index is 1.49. The fourth-order valence-electron chi connectivity index (χ4n) is 3.36. The van der Waals surface area contributed by atoms with E-state index in [9.17, 15) is 10.1 Å². The highest BCUT2D eigenvalue weighted by Gasteiger charge is 2.24. The summed E-state index contributed by atoms with van der Waals surface area (Å²) >= 11 is 0. The molecule has 1 fully saturated rings. The summed E-state index contributed by atoms with van der Waals surface area (Å²) in [6.07, 6.45) is 10.6. The summed E-state index contributed by atoms with van der Waals surface area (Å²) in [4.78, 5) is 18.6. The summed E-state index contributed by atoms with van der Waals surface area (Å²) in [5.74, 6) is 1.34. The third kappa shape index (κ3) is 3.89. The van der Waals surface area contributed by atoms with Crippen molar-refractivity contribution in [1.29, 1.82) is 5.26 Å². The van der Waals surface area contributed by atoms with Crippen LogP contribution in [0, 0.1) is 17.2 Å². The molecule has 1 aliphatic heterocycles. The Labute approximate surface area is 137 Å². The molecule has 0 bridgehead atoms. The average molecular weight is 310 g/mol. The number of carbonyl (C=O) groups excluding carboxylic acids is 1. The average Bonchev–Trinajstić information content (AvgIpc) is 3.08. The first-order chi connectivity index (χ1) is 11.3. The molecule has 2 aliphatic rings. The van der Waals surface area contributed by atoms with E-state index in [2.05, 4.69) is 33.4 Å². The molecule has 23 heavy (non-hydrogen) atoms. The van der Waals surface area contributed by atoms with Crippen molar-refractivity contribution in [2.75, 3.05) is 18.0 Å². The molecule has 2 heterocycles. The number of allylic oxidation sites excluding steroid dienone is 2. The Morgan fingerprint density at radius 2 is 2.22 bits per heavy atom. The highest BCUT2D eigenvalue weighted by molar-refractivity contribution is 5.76. The zero-order chi connectivity index (χ0) is 16.1. The molecule has 0 radical (unpaired) electrons. The van der Waals surface area contributed by atoms with Gasteiger partial charge in [-0.2, -0.15) is 5.26 Å². The molecular formula is C18H22N4O. The molecule has 1 aromatic rings. The third-order valence-corrected chi connectivity index (χ3v) is 4.63. The van der Waals surface area contributed by atoms with Crippen LogP contribution in [0.1, 0.15) is 37.7 Å². The number of aromatic nitrogens is 1. The van der Waals surface area contributed by atoms with Gasteiger partial charge in [0.05, 0.1) is 5.56 Å². The van der Waals surface area contributed by atoms with Crippen LogP contribution in [-0.2, 0) is 4.79 Å². The maximum atomic E-state index is 12.1. The second-order valence-electron chi connectivity index (χ2n) is 6.28. The molecule has 3 rings (SSSR count). The number of hydrogen-bond acceptors (Lipinski definition) is 4.